The number of aromatic nitrogens is 1. The van der Waals surface area contributed by atoms with Gasteiger partial charge in [0.05, 0.1) is 24.5 Å². The molecule has 0 atom stereocenters. The summed E-state index contributed by atoms with van der Waals surface area (Å²) in [7, 11) is 1.61. The second-order valence-electron chi connectivity index (χ2n) is 6.93. The minimum Gasteiger partial charge on any atom is -0.466 e. The van der Waals surface area contributed by atoms with Crippen molar-refractivity contribution in [1.82, 2.24) is 4.98 Å². The number of halogens is 1. The van der Waals surface area contributed by atoms with Crippen LogP contribution in [-0.4, -0.2) is 32.1 Å². The van der Waals surface area contributed by atoms with Gasteiger partial charge in [-0.25, -0.2) is 4.39 Å². The topological polar surface area (TPSA) is 67.3 Å². The second kappa shape index (κ2) is 9.43. The highest BCUT2D eigenvalue weighted by molar-refractivity contribution is 5.90. The number of H-pyrrole nitrogens is 1. The number of aromatic amines is 1. The van der Waals surface area contributed by atoms with Gasteiger partial charge >= 0.3 is 0 Å². The summed E-state index contributed by atoms with van der Waals surface area (Å²) in [6.45, 7) is 0.959. The minimum absolute atomic E-state index is 0.0131. The lowest BCUT2D eigenvalue weighted by molar-refractivity contribution is -0.00797. The highest BCUT2D eigenvalue weighted by Crippen LogP contribution is 2.39. The van der Waals surface area contributed by atoms with Gasteiger partial charge in [-0.15, -0.1) is 0 Å². The molecule has 0 unspecified atom stereocenters. The monoisotopic (exact) mass is 416 g/mol. The van der Waals surface area contributed by atoms with E-state index in [1.807, 2.05) is 60.7 Å². The van der Waals surface area contributed by atoms with Crippen LogP contribution in [0.25, 0.3) is 33.3 Å². The third-order valence-corrected chi connectivity index (χ3v) is 4.94. The van der Waals surface area contributed by atoms with Crippen molar-refractivity contribution in [2.45, 2.75) is 0 Å². The van der Waals surface area contributed by atoms with Crippen molar-refractivity contribution in [1.29, 1.82) is 5.26 Å². The van der Waals surface area contributed by atoms with Gasteiger partial charge < -0.3 is 19.2 Å². The van der Waals surface area contributed by atoms with Crippen LogP contribution >= 0.6 is 0 Å². The molecule has 1 heterocycles. The number of ether oxygens (including phenoxy) is 3. The van der Waals surface area contributed by atoms with E-state index in [4.69, 9.17) is 19.5 Å². The summed E-state index contributed by atoms with van der Waals surface area (Å²) in [5, 5.41) is 9.87. The standard InChI is InChI=1S/C25H21FN2O3/c1-29-10-11-30-16-31-25-20(17-6-3-2-4-7-17)8-5-9-21(25)24-13-18-12-19(15-27)22(26)14-23(18)28-24/h2-9,12-14,28H,10-11,16H2,1H3. The first-order valence-corrected chi connectivity index (χ1v) is 9.82. The summed E-state index contributed by atoms with van der Waals surface area (Å²) in [5.74, 6) is 0.100. The van der Waals surface area contributed by atoms with E-state index in [2.05, 4.69) is 4.98 Å². The Morgan fingerprint density at radius 2 is 1.77 bits per heavy atom. The van der Waals surface area contributed by atoms with Crippen LogP contribution in [0.3, 0.4) is 0 Å². The van der Waals surface area contributed by atoms with Crippen LogP contribution in [0.4, 0.5) is 4.39 Å². The molecule has 0 radical (unpaired) electrons. The molecule has 0 amide bonds. The number of nitrogens with zero attached hydrogens (tertiary/aromatic N) is 1. The number of methoxy groups -OCH3 is 1. The smallest absolute Gasteiger partial charge is 0.189 e. The maximum Gasteiger partial charge on any atom is 0.189 e. The van der Waals surface area contributed by atoms with Gasteiger partial charge in [0.15, 0.2) is 6.79 Å². The van der Waals surface area contributed by atoms with Crippen LogP contribution in [0, 0.1) is 17.1 Å². The predicted octanol–water partition coefficient (Wildman–Crippen LogP) is 5.51. The highest BCUT2D eigenvalue weighted by Gasteiger charge is 2.16. The fourth-order valence-electron chi connectivity index (χ4n) is 3.44. The number of nitriles is 1. The summed E-state index contributed by atoms with van der Waals surface area (Å²) in [6.07, 6.45) is 0. The average molecular weight is 416 g/mol. The van der Waals surface area contributed by atoms with Crippen molar-refractivity contribution >= 4 is 10.9 Å². The summed E-state index contributed by atoms with van der Waals surface area (Å²) in [6, 6.07) is 22.4. The summed E-state index contributed by atoms with van der Waals surface area (Å²) in [5.41, 5.74) is 4.11. The molecule has 1 aromatic heterocycles. The first-order chi connectivity index (χ1) is 15.2. The fourth-order valence-corrected chi connectivity index (χ4v) is 3.44. The molecule has 0 saturated carbocycles. The van der Waals surface area contributed by atoms with Crippen LogP contribution < -0.4 is 4.74 Å². The van der Waals surface area contributed by atoms with E-state index in [0.29, 0.717) is 24.5 Å². The van der Waals surface area contributed by atoms with E-state index in [9.17, 15) is 4.39 Å². The molecule has 4 aromatic rings. The zero-order valence-corrected chi connectivity index (χ0v) is 17.0. The first-order valence-electron chi connectivity index (χ1n) is 9.82. The van der Waals surface area contributed by atoms with Gasteiger partial charge in [0, 0.05) is 29.1 Å². The Kier molecular flexibility index (Phi) is 6.27. The number of hydrogen-bond donors (Lipinski definition) is 1. The van der Waals surface area contributed by atoms with Crippen molar-refractivity contribution in [2.24, 2.45) is 0 Å². The Hall–Kier alpha value is -3.66. The van der Waals surface area contributed by atoms with Crippen LogP contribution in [0.2, 0.25) is 0 Å². The fraction of sp³-hybridized carbons (Fsp3) is 0.160. The maximum atomic E-state index is 14.1. The molecule has 0 aliphatic carbocycles. The Bertz CT molecular complexity index is 1230. The number of nitrogens with one attached hydrogen (secondary N) is 1. The third-order valence-electron chi connectivity index (χ3n) is 4.94. The molecule has 0 saturated heterocycles. The lowest BCUT2D eigenvalue weighted by Gasteiger charge is -2.16. The van der Waals surface area contributed by atoms with Gasteiger partial charge in [0.1, 0.15) is 17.6 Å². The molecular formula is C25H21FN2O3. The van der Waals surface area contributed by atoms with Gasteiger partial charge in [0.25, 0.3) is 0 Å². The van der Waals surface area contributed by atoms with Gasteiger partial charge in [-0.3, -0.25) is 0 Å². The minimum atomic E-state index is -0.551. The summed E-state index contributed by atoms with van der Waals surface area (Å²) >= 11 is 0. The van der Waals surface area contributed by atoms with Crippen LogP contribution in [-0.2, 0) is 9.47 Å². The molecule has 1 N–H and O–H groups in total. The Morgan fingerprint density at radius 3 is 2.55 bits per heavy atom. The lowest BCUT2D eigenvalue weighted by atomic mass is 10.00. The number of benzene rings is 3. The van der Waals surface area contributed by atoms with E-state index in [-0.39, 0.29) is 12.4 Å². The van der Waals surface area contributed by atoms with Crippen molar-refractivity contribution in [3.8, 4) is 34.2 Å². The average Bonchev–Trinajstić information content (AvgIpc) is 3.21. The normalized spacial score (nSPS) is 10.9. The van der Waals surface area contributed by atoms with E-state index in [0.717, 1.165) is 27.8 Å². The van der Waals surface area contributed by atoms with Gasteiger partial charge in [-0.1, -0.05) is 42.5 Å². The number of rotatable bonds is 8. The Morgan fingerprint density at radius 1 is 0.968 bits per heavy atom. The molecule has 0 spiro atoms. The molecule has 0 fully saturated rings. The Balaban J connectivity index is 1.78. The van der Waals surface area contributed by atoms with E-state index < -0.39 is 5.82 Å². The molecule has 5 nitrogen and oxygen atoms in total. The maximum absolute atomic E-state index is 14.1. The van der Waals surface area contributed by atoms with Crippen LogP contribution in [0.15, 0.2) is 66.7 Å². The number of hydrogen-bond acceptors (Lipinski definition) is 4. The molecule has 31 heavy (non-hydrogen) atoms. The van der Waals surface area contributed by atoms with Gasteiger partial charge in [0.2, 0.25) is 0 Å². The molecule has 6 heteroatoms. The van der Waals surface area contributed by atoms with Crippen molar-refractivity contribution < 1.29 is 18.6 Å². The molecule has 3 aromatic carbocycles. The van der Waals surface area contributed by atoms with Crippen LogP contribution in [0.5, 0.6) is 5.75 Å². The lowest BCUT2D eigenvalue weighted by Crippen LogP contribution is -2.09. The molecule has 0 aliphatic rings. The zero-order valence-electron chi connectivity index (χ0n) is 17.0. The highest BCUT2D eigenvalue weighted by atomic mass is 19.1. The summed E-state index contributed by atoms with van der Waals surface area (Å²) in [4.78, 5) is 3.24. The van der Waals surface area contributed by atoms with E-state index in [1.54, 1.807) is 13.2 Å². The predicted molar refractivity (Wildman–Crippen MR) is 117 cm³/mol. The molecule has 0 aliphatic heterocycles. The zero-order chi connectivity index (χ0) is 21.6. The van der Waals surface area contributed by atoms with E-state index in [1.165, 1.54) is 6.07 Å². The largest absolute Gasteiger partial charge is 0.466 e. The third kappa shape index (κ3) is 4.43. The van der Waals surface area contributed by atoms with Crippen molar-refractivity contribution in [3.05, 3.63) is 78.1 Å². The van der Waals surface area contributed by atoms with Crippen LogP contribution in [0.1, 0.15) is 5.56 Å². The van der Waals surface area contributed by atoms with Crippen molar-refractivity contribution in [3.63, 3.8) is 0 Å². The summed E-state index contributed by atoms with van der Waals surface area (Å²) < 4.78 is 30.7. The molecule has 0 bridgehead atoms. The Labute approximate surface area is 179 Å². The molecule has 4 rings (SSSR count). The SMILES string of the molecule is COCCOCOc1c(-c2ccccc2)cccc1-c1cc2cc(C#N)c(F)cc2[nH]1. The van der Waals surface area contributed by atoms with E-state index >= 15 is 0 Å². The van der Waals surface area contributed by atoms with Crippen molar-refractivity contribution in [2.75, 3.05) is 27.1 Å². The van der Waals surface area contributed by atoms with Gasteiger partial charge in [-0.05, 0) is 29.8 Å². The molecular weight excluding hydrogens is 395 g/mol. The van der Waals surface area contributed by atoms with Gasteiger partial charge in [-0.2, -0.15) is 5.26 Å². The first kappa shape index (κ1) is 20.6. The number of para-hydroxylation sites is 1. The molecule has 156 valence electrons. The second-order valence-corrected chi connectivity index (χ2v) is 6.93. The quantitative estimate of drug-likeness (QED) is 0.304. The number of fused-ring (bicyclic) bond motifs is 1.